The third-order valence-corrected chi connectivity index (χ3v) is 6.49. The molecule has 0 radical (unpaired) electrons. The predicted molar refractivity (Wildman–Crippen MR) is 99.2 cm³/mol. The summed E-state index contributed by atoms with van der Waals surface area (Å²) in [5, 5.41) is 0. The van der Waals surface area contributed by atoms with Crippen LogP contribution in [-0.4, -0.2) is 57.8 Å². The van der Waals surface area contributed by atoms with E-state index in [1.807, 2.05) is 6.92 Å². The Labute approximate surface area is 155 Å². The van der Waals surface area contributed by atoms with Gasteiger partial charge in [-0.2, -0.15) is 0 Å². The van der Waals surface area contributed by atoms with E-state index in [2.05, 4.69) is 0 Å². The molecule has 1 aliphatic rings. The quantitative estimate of drug-likeness (QED) is 0.767. The van der Waals surface area contributed by atoms with Crippen LogP contribution in [0.5, 0.6) is 11.5 Å². The van der Waals surface area contributed by atoms with Gasteiger partial charge in [-0.15, -0.1) is 0 Å². The van der Waals surface area contributed by atoms with Crippen molar-refractivity contribution in [2.45, 2.75) is 49.6 Å². The standard InChI is InChI=1S/C18H28N2O5S/c1-13(19)15-6-4-5-10-20(15)18(21)9-11-26(22,23)14-7-8-16(24-2)17(12-14)25-3/h7-8,12-13,15H,4-6,9-11,19H2,1-3H3/t13-,15-/m1/s1. The summed E-state index contributed by atoms with van der Waals surface area (Å²) in [6.45, 7) is 2.53. The van der Waals surface area contributed by atoms with Crippen LogP contribution >= 0.6 is 0 Å². The molecule has 1 amide bonds. The van der Waals surface area contributed by atoms with Gasteiger partial charge in [0.2, 0.25) is 5.91 Å². The highest BCUT2D eigenvalue weighted by Crippen LogP contribution is 2.30. The van der Waals surface area contributed by atoms with E-state index in [0.717, 1.165) is 19.3 Å². The van der Waals surface area contributed by atoms with Gasteiger partial charge < -0.3 is 20.1 Å². The van der Waals surface area contributed by atoms with Crippen LogP contribution in [0.15, 0.2) is 23.1 Å². The molecule has 1 aliphatic heterocycles. The van der Waals surface area contributed by atoms with E-state index >= 15 is 0 Å². The van der Waals surface area contributed by atoms with Crippen LogP contribution < -0.4 is 15.2 Å². The van der Waals surface area contributed by atoms with Gasteiger partial charge >= 0.3 is 0 Å². The van der Waals surface area contributed by atoms with Crippen LogP contribution in [-0.2, 0) is 14.6 Å². The maximum Gasteiger partial charge on any atom is 0.223 e. The van der Waals surface area contributed by atoms with Crippen molar-refractivity contribution in [3.63, 3.8) is 0 Å². The molecule has 2 atom stereocenters. The third kappa shape index (κ3) is 4.67. The normalized spacial score (nSPS) is 19.1. The molecule has 7 nitrogen and oxygen atoms in total. The second-order valence-electron chi connectivity index (χ2n) is 6.60. The van der Waals surface area contributed by atoms with Crippen molar-refractivity contribution in [2.75, 3.05) is 26.5 Å². The van der Waals surface area contributed by atoms with E-state index in [1.165, 1.54) is 26.4 Å². The molecule has 1 aromatic carbocycles. The number of nitrogens with two attached hydrogens (primary N) is 1. The summed E-state index contributed by atoms with van der Waals surface area (Å²) in [6.07, 6.45) is 2.78. The number of rotatable bonds is 7. The first kappa shape index (κ1) is 20.5. The maximum atomic E-state index is 12.6. The highest BCUT2D eigenvalue weighted by atomic mass is 32.2. The monoisotopic (exact) mass is 384 g/mol. The molecular formula is C18H28N2O5S. The van der Waals surface area contributed by atoms with Gasteiger partial charge in [0, 0.05) is 31.1 Å². The van der Waals surface area contributed by atoms with E-state index in [0.29, 0.717) is 18.0 Å². The van der Waals surface area contributed by atoms with Crippen LogP contribution in [0.3, 0.4) is 0 Å². The zero-order valence-corrected chi connectivity index (χ0v) is 16.4. The minimum atomic E-state index is -3.60. The molecule has 0 spiro atoms. The Kier molecular flexibility index (Phi) is 6.88. The number of piperidine rings is 1. The number of amides is 1. The van der Waals surface area contributed by atoms with Crippen molar-refractivity contribution in [2.24, 2.45) is 5.73 Å². The average Bonchev–Trinajstić information content (AvgIpc) is 2.65. The van der Waals surface area contributed by atoms with Crippen LogP contribution in [0.1, 0.15) is 32.6 Å². The van der Waals surface area contributed by atoms with E-state index < -0.39 is 9.84 Å². The maximum absolute atomic E-state index is 12.6. The van der Waals surface area contributed by atoms with E-state index in [-0.39, 0.29) is 35.1 Å². The Morgan fingerprint density at radius 3 is 2.58 bits per heavy atom. The molecular weight excluding hydrogens is 356 g/mol. The van der Waals surface area contributed by atoms with Gasteiger partial charge in [-0.1, -0.05) is 0 Å². The smallest absolute Gasteiger partial charge is 0.223 e. The van der Waals surface area contributed by atoms with Gasteiger partial charge in [-0.3, -0.25) is 4.79 Å². The Morgan fingerprint density at radius 2 is 1.96 bits per heavy atom. The molecule has 1 aromatic rings. The summed E-state index contributed by atoms with van der Waals surface area (Å²) in [5.74, 6) is 0.392. The molecule has 146 valence electrons. The zero-order valence-electron chi connectivity index (χ0n) is 15.6. The number of carbonyl (C=O) groups excluding carboxylic acids is 1. The van der Waals surface area contributed by atoms with E-state index in [1.54, 1.807) is 11.0 Å². The zero-order chi connectivity index (χ0) is 19.3. The number of likely N-dealkylation sites (tertiary alicyclic amines) is 1. The molecule has 1 heterocycles. The number of hydrogen-bond donors (Lipinski definition) is 1. The van der Waals surface area contributed by atoms with E-state index in [4.69, 9.17) is 15.2 Å². The molecule has 0 aromatic heterocycles. The van der Waals surface area contributed by atoms with Crippen LogP contribution in [0.4, 0.5) is 0 Å². The van der Waals surface area contributed by atoms with Crippen LogP contribution in [0, 0.1) is 0 Å². The Bertz CT molecular complexity index is 733. The number of sulfone groups is 1. The van der Waals surface area contributed by atoms with Gasteiger partial charge in [0.15, 0.2) is 21.3 Å². The second kappa shape index (κ2) is 8.73. The van der Waals surface area contributed by atoms with Crippen molar-refractivity contribution in [1.29, 1.82) is 0 Å². The minimum absolute atomic E-state index is 0.0139. The lowest BCUT2D eigenvalue weighted by Gasteiger charge is -2.38. The molecule has 0 aliphatic carbocycles. The van der Waals surface area contributed by atoms with E-state index in [9.17, 15) is 13.2 Å². The molecule has 1 saturated heterocycles. The molecule has 0 unspecified atom stereocenters. The number of benzene rings is 1. The number of carbonyl (C=O) groups is 1. The summed E-state index contributed by atoms with van der Waals surface area (Å²) < 4.78 is 35.5. The lowest BCUT2D eigenvalue weighted by Crippen LogP contribution is -2.51. The van der Waals surface area contributed by atoms with Crippen LogP contribution in [0.2, 0.25) is 0 Å². The lowest BCUT2D eigenvalue weighted by molar-refractivity contribution is -0.134. The molecule has 0 bridgehead atoms. The van der Waals surface area contributed by atoms with Gasteiger partial charge in [0.05, 0.1) is 24.9 Å². The molecule has 0 saturated carbocycles. The van der Waals surface area contributed by atoms with Gasteiger partial charge in [-0.25, -0.2) is 8.42 Å². The molecule has 2 N–H and O–H groups in total. The van der Waals surface area contributed by atoms with Gasteiger partial charge in [-0.05, 0) is 38.3 Å². The highest BCUT2D eigenvalue weighted by molar-refractivity contribution is 7.91. The molecule has 26 heavy (non-hydrogen) atoms. The summed E-state index contributed by atoms with van der Waals surface area (Å²) >= 11 is 0. The van der Waals surface area contributed by atoms with Crippen molar-refractivity contribution >= 4 is 15.7 Å². The van der Waals surface area contributed by atoms with Crippen molar-refractivity contribution in [1.82, 2.24) is 4.90 Å². The van der Waals surface area contributed by atoms with Gasteiger partial charge in [0.1, 0.15) is 0 Å². The summed E-state index contributed by atoms with van der Waals surface area (Å²) in [6, 6.07) is 4.29. The van der Waals surface area contributed by atoms with Crippen molar-refractivity contribution < 1.29 is 22.7 Å². The fourth-order valence-corrected chi connectivity index (χ4v) is 4.55. The number of nitrogens with zero attached hydrogens (tertiary/aromatic N) is 1. The highest BCUT2D eigenvalue weighted by Gasteiger charge is 2.30. The third-order valence-electron chi connectivity index (χ3n) is 4.78. The molecule has 2 rings (SSSR count). The molecule has 8 heteroatoms. The molecule has 1 fully saturated rings. The first-order valence-corrected chi connectivity index (χ1v) is 10.4. The number of methoxy groups -OCH3 is 2. The summed E-state index contributed by atoms with van der Waals surface area (Å²) in [4.78, 5) is 14.4. The average molecular weight is 384 g/mol. The second-order valence-corrected chi connectivity index (χ2v) is 8.70. The van der Waals surface area contributed by atoms with Crippen molar-refractivity contribution in [3.8, 4) is 11.5 Å². The Morgan fingerprint density at radius 1 is 1.27 bits per heavy atom. The summed E-state index contributed by atoms with van der Waals surface area (Å²) in [5.41, 5.74) is 5.99. The number of ether oxygens (including phenoxy) is 2. The first-order chi connectivity index (χ1) is 12.3. The van der Waals surface area contributed by atoms with Crippen LogP contribution in [0.25, 0.3) is 0 Å². The summed E-state index contributed by atoms with van der Waals surface area (Å²) in [7, 11) is -0.673. The fourth-order valence-electron chi connectivity index (χ4n) is 3.31. The SMILES string of the molecule is COc1ccc(S(=O)(=O)CCC(=O)N2CCCC[C@@H]2[C@@H](C)N)cc1OC. The predicted octanol–water partition coefficient (Wildman–Crippen LogP) is 1.60. The van der Waals surface area contributed by atoms with Crippen molar-refractivity contribution in [3.05, 3.63) is 18.2 Å². The Hall–Kier alpha value is -1.80. The lowest BCUT2D eigenvalue weighted by atomic mass is 9.96. The largest absolute Gasteiger partial charge is 0.493 e. The first-order valence-electron chi connectivity index (χ1n) is 8.80. The number of hydrogen-bond acceptors (Lipinski definition) is 6. The van der Waals surface area contributed by atoms with Gasteiger partial charge in [0.25, 0.3) is 0 Å². The fraction of sp³-hybridized carbons (Fsp3) is 0.611. The topological polar surface area (TPSA) is 98.9 Å². The Balaban J connectivity index is 2.08. The minimum Gasteiger partial charge on any atom is -0.493 e.